The monoisotopic (exact) mass is 303 g/mol. The van der Waals surface area contributed by atoms with Crippen LogP contribution in [0.3, 0.4) is 0 Å². The van der Waals surface area contributed by atoms with Gasteiger partial charge in [0.05, 0.1) is 7.11 Å². The Balaban J connectivity index is 1.73. The van der Waals surface area contributed by atoms with Crippen molar-refractivity contribution in [3.05, 3.63) is 35.6 Å². The van der Waals surface area contributed by atoms with Gasteiger partial charge in [0.25, 0.3) is 0 Å². The zero-order valence-electron chi connectivity index (χ0n) is 13.2. The molecule has 1 aliphatic heterocycles. The first kappa shape index (κ1) is 14.9. The number of hydrogen-bond acceptors (Lipinski definition) is 7. The van der Waals surface area contributed by atoms with Gasteiger partial charge < -0.3 is 9.26 Å². The molecule has 3 rings (SSSR count). The van der Waals surface area contributed by atoms with Crippen LogP contribution in [-0.4, -0.2) is 58.7 Å². The number of methoxy groups -OCH3 is 1. The molecule has 2 aromatic heterocycles. The van der Waals surface area contributed by atoms with E-state index in [2.05, 4.69) is 38.0 Å². The van der Waals surface area contributed by atoms with Crippen LogP contribution >= 0.6 is 0 Å². The fraction of sp³-hybridized carbons (Fsp3) is 0.533. The van der Waals surface area contributed by atoms with Crippen molar-refractivity contribution in [3.63, 3.8) is 0 Å². The highest BCUT2D eigenvalue weighted by molar-refractivity contribution is 5.25. The lowest BCUT2D eigenvalue weighted by atomic mass is 10.1. The van der Waals surface area contributed by atoms with Crippen LogP contribution in [0.25, 0.3) is 0 Å². The van der Waals surface area contributed by atoms with Crippen LogP contribution in [0.1, 0.15) is 23.3 Å². The molecule has 1 aliphatic rings. The van der Waals surface area contributed by atoms with Crippen molar-refractivity contribution in [1.29, 1.82) is 0 Å². The van der Waals surface area contributed by atoms with Crippen molar-refractivity contribution in [2.75, 3.05) is 33.8 Å². The van der Waals surface area contributed by atoms with Crippen molar-refractivity contribution in [3.8, 4) is 5.88 Å². The van der Waals surface area contributed by atoms with Crippen molar-refractivity contribution < 1.29 is 9.26 Å². The highest BCUT2D eigenvalue weighted by Gasteiger charge is 2.30. The molecule has 0 bridgehead atoms. The highest BCUT2D eigenvalue weighted by atomic mass is 16.5. The molecule has 1 atom stereocenters. The number of rotatable bonds is 4. The smallest absolute Gasteiger partial charge is 0.245 e. The number of nitrogens with zero attached hydrogens (tertiary/aromatic N) is 5. The van der Waals surface area contributed by atoms with Gasteiger partial charge in [0.2, 0.25) is 11.8 Å². The Kier molecular flexibility index (Phi) is 4.35. The Bertz CT molecular complexity index is 630. The number of aromatic nitrogens is 3. The lowest BCUT2D eigenvalue weighted by Crippen LogP contribution is -2.46. The van der Waals surface area contributed by atoms with Gasteiger partial charge in [0, 0.05) is 37.9 Å². The van der Waals surface area contributed by atoms with E-state index in [1.54, 1.807) is 13.3 Å². The second-order valence-corrected chi connectivity index (χ2v) is 5.58. The standard InChI is InChI=1S/C15H21N5O2/c1-11-17-15(22-18-11)13-10-20(8-7-19(13)2)9-12-5-4-6-16-14(12)21-3/h4-6,13H,7-10H2,1-3H3. The van der Waals surface area contributed by atoms with Gasteiger partial charge in [-0.15, -0.1) is 0 Å². The SMILES string of the molecule is COc1ncccc1CN1CCN(C)C(c2nc(C)no2)C1. The highest BCUT2D eigenvalue weighted by Crippen LogP contribution is 2.25. The molecule has 0 amide bonds. The number of aryl methyl sites for hydroxylation is 1. The van der Waals surface area contributed by atoms with E-state index in [1.807, 2.05) is 13.0 Å². The van der Waals surface area contributed by atoms with Gasteiger partial charge in [0.15, 0.2) is 5.82 Å². The maximum Gasteiger partial charge on any atom is 0.245 e. The van der Waals surface area contributed by atoms with Gasteiger partial charge in [-0.05, 0) is 20.0 Å². The van der Waals surface area contributed by atoms with Gasteiger partial charge in [-0.3, -0.25) is 9.80 Å². The molecule has 0 aromatic carbocycles. The minimum absolute atomic E-state index is 0.123. The normalized spacial score (nSPS) is 20.2. The third-order valence-corrected chi connectivity index (χ3v) is 4.00. The van der Waals surface area contributed by atoms with Crippen molar-refractivity contribution in [2.24, 2.45) is 0 Å². The maximum atomic E-state index is 5.35. The molecule has 118 valence electrons. The Morgan fingerprint density at radius 3 is 3.00 bits per heavy atom. The van der Waals surface area contributed by atoms with Crippen LogP contribution in [0.2, 0.25) is 0 Å². The minimum atomic E-state index is 0.123. The maximum absolute atomic E-state index is 5.35. The average molecular weight is 303 g/mol. The summed E-state index contributed by atoms with van der Waals surface area (Å²) < 4.78 is 10.7. The third-order valence-electron chi connectivity index (χ3n) is 4.00. The summed E-state index contributed by atoms with van der Waals surface area (Å²) in [5.41, 5.74) is 1.09. The zero-order chi connectivity index (χ0) is 15.5. The van der Waals surface area contributed by atoms with E-state index >= 15 is 0 Å². The number of hydrogen-bond donors (Lipinski definition) is 0. The summed E-state index contributed by atoms with van der Waals surface area (Å²) in [7, 11) is 3.74. The van der Waals surface area contributed by atoms with Gasteiger partial charge in [-0.1, -0.05) is 11.2 Å². The van der Waals surface area contributed by atoms with Gasteiger partial charge in [0.1, 0.15) is 6.04 Å². The Hall–Kier alpha value is -1.99. The molecular formula is C15H21N5O2. The number of pyridine rings is 1. The molecule has 0 radical (unpaired) electrons. The Morgan fingerprint density at radius 2 is 2.27 bits per heavy atom. The van der Waals surface area contributed by atoms with E-state index in [9.17, 15) is 0 Å². The number of piperazine rings is 1. The second kappa shape index (κ2) is 6.41. The first-order valence-electron chi connectivity index (χ1n) is 7.38. The predicted octanol–water partition coefficient (Wildman–Crippen LogP) is 1.27. The number of ether oxygens (including phenoxy) is 1. The summed E-state index contributed by atoms with van der Waals surface area (Å²) in [6.45, 7) is 5.42. The van der Waals surface area contributed by atoms with Crippen LogP contribution in [0.5, 0.6) is 5.88 Å². The van der Waals surface area contributed by atoms with Crippen LogP contribution in [-0.2, 0) is 6.54 Å². The van der Waals surface area contributed by atoms with E-state index in [-0.39, 0.29) is 6.04 Å². The zero-order valence-corrected chi connectivity index (χ0v) is 13.2. The predicted molar refractivity (Wildman–Crippen MR) is 80.5 cm³/mol. The van der Waals surface area contributed by atoms with Gasteiger partial charge in [-0.2, -0.15) is 4.98 Å². The minimum Gasteiger partial charge on any atom is -0.481 e. The molecule has 1 unspecified atom stereocenters. The lowest BCUT2D eigenvalue weighted by molar-refractivity contribution is 0.0709. The first-order valence-corrected chi connectivity index (χ1v) is 7.38. The molecule has 7 heteroatoms. The van der Waals surface area contributed by atoms with E-state index in [4.69, 9.17) is 9.26 Å². The Morgan fingerprint density at radius 1 is 1.41 bits per heavy atom. The molecule has 7 nitrogen and oxygen atoms in total. The van der Waals surface area contributed by atoms with Crippen molar-refractivity contribution in [2.45, 2.75) is 19.5 Å². The molecule has 2 aromatic rings. The summed E-state index contributed by atoms with van der Waals surface area (Å²) in [5.74, 6) is 2.05. The van der Waals surface area contributed by atoms with Crippen LogP contribution in [0.4, 0.5) is 0 Å². The van der Waals surface area contributed by atoms with E-state index < -0.39 is 0 Å². The molecule has 0 aliphatic carbocycles. The quantitative estimate of drug-likeness (QED) is 0.842. The van der Waals surface area contributed by atoms with E-state index in [0.29, 0.717) is 17.6 Å². The number of likely N-dealkylation sites (N-methyl/N-ethyl adjacent to an activating group) is 1. The molecule has 1 fully saturated rings. The molecule has 0 spiro atoms. The largest absolute Gasteiger partial charge is 0.481 e. The third kappa shape index (κ3) is 3.10. The Labute approximate surface area is 129 Å². The molecule has 1 saturated heterocycles. The van der Waals surface area contributed by atoms with Gasteiger partial charge >= 0.3 is 0 Å². The first-order chi connectivity index (χ1) is 10.7. The van der Waals surface area contributed by atoms with E-state index in [1.165, 1.54) is 0 Å². The molecule has 0 saturated carbocycles. The summed E-state index contributed by atoms with van der Waals surface area (Å²) >= 11 is 0. The lowest BCUT2D eigenvalue weighted by Gasteiger charge is -2.37. The fourth-order valence-electron chi connectivity index (χ4n) is 2.76. The molecule has 0 N–H and O–H groups in total. The summed E-state index contributed by atoms with van der Waals surface area (Å²) in [5, 5.41) is 3.90. The molecular weight excluding hydrogens is 282 g/mol. The summed E-state index contributed by atoms with van der Waals surface area (Å²) in [6, 6.07) is 4.11. The van der Waals surface area contributed by atoms with Gasteiger partial charge in [-0.25, -0.2) is 4.98 Å². The van der Waals surface area contributed by atoms with Crippen molar-refractivity contribution in [1.82, 2.24) is 24.9 Å². The molecule has 3 heterocycles. The van der Waals surface area contributed by atoms with Crippen LogP contribution < -0.4 is 4.74 Å². The average Bonchev–Trinajstić information content (AvgIpc) is 2.96. The van der Waals surface area contributed by atoms with E-state index in [0.717, 1.165) is 31.7 Å². The van der Waals surface area contributed by atoms with Crippen LogP contribution in [0, 0.1) is 6.92 Å². The summed E-state index contributed by atoms with van der Waals surface area (Å²) in [4.78, 5) is 13.3. The second-order valence-electron chi connectivity index (χ2n) is 5.58. The van der Waals surface area contributed by atoms with Crippen LogP contribution in [0.15, 0.2) is 22.9 Å². The van der Waals surface area contributed by atoms with Crippen molar-refractivity contribution >= 4 is 0 Å². The molecule has 22 heavy (non-hydrogen) atoms. The fourth-order valence-corrected chi connectivity index (χ4v) is 2.76. The topological polar surface area (TPSA) is 67.5 Å². The summed E-state index contributed by atoms with van der Waals surface area (Å²) in [6.07, 6.45) is 1.75.